The summed E-state index contributed by atoms with van der Waals surface area (Å²) < 4.78 is 7.76. The number of hydrogen-bond acceptors (Lipinski definition) is 2. The minimum absolute atomic E-state index is 0.859. The van der Waals surface area contributed by atoms with E-state index in [0.29, 0.717) is 0 Å². The van der Waals surface area contributed by atoms with Crippen molar-refractivity contribution in [1.82, 2.24) is 9.47 Å². The minimum Gasteiger partial charge on any atom is -0.379 e. The lowest BCUT2D eigenvalue weighted by molar-refractivity contribution is 0.0341. The van der Waals surface area contributed by atoms with Crippen molar-refractivity contribution in [3.8, 4) is 5.69 Å². The van der Waals surface area contributed by atoms with Crippen molar-refractivity contribution in [3.63, 3.8) is 0 Å². The van der Waals surface area contributed by atoms with E-state index in [2.05, 4.69) is 59.7 Å². The summed E-state index contributed by atoms with van der Waals surface area (Å²) in [5, 5.41) is 0. The molecule has 0 bridgehead atoms. The van der Waals surface area contributed by atoms with Gasteiger partial charge >= 0.3 is 0 Å². The summed E-state index contributed by atoms with van der Waals surface area (Å²) in [6.45, 7) is 9.22. The van der Waals surface area contributed by atoms with Gasteiger partial charge in [0.25, 0.3) is 0 Å². The first-order valence-corrected chi connectivity index (χ1v) is 7.29. The lowest BCUT2D eigenvalue weighted by Gasteiger charge is -2.26. The van der Waals surface area contributed by atoms with Crippen LogP contribution in [0, 0.1) is 13.8 Å². The van der Waals surface area contributed by atoms with Crippen LogP contribution in [0.15, 0.2) is 36.4 Å². The molecule has 0 aliphatic carbocycles. The summed E-state index contributed by atoms with van der Waals surface area (Å²) in [6.07, 6.45) is 0. The number of aryl methyl sites for hydroxylation is 1. The molecule has 0 atom stereocenters. The maximum atomic E-state index is 5.42. The lowest BCUT2D eigenvalue weighted by atomic mass is 10.2. The van der Waals surface area contributed by atoms with Crippen LogP contribution >= 0.6 is 0 Å². The number of rotatable bonds is 3. The fourth-order valence-corrected chi connectivity index (χ4v) is 2.96. The molecule has 1 aromatic heterocycles. The molecule has 0 spiro atoms. The largest absolute Gasteiger partial charge is 0.379 e. The van der Waals surface area contributed by atoms with Gasteiger partial charge in [0, 0.05) is 36.7 Å². The predicted molar refractivity (Wildman–Crippen MR) is 81.3 cm³/mol. The third-order valence-electron chi connectivity index (χ3n) is 4.05. The van der Waals surface area contributed by atoms with Crippen molar-refractivity contribution in [2.24, 2.45) is 0 Å². The summed E-state index contributed by atoms with van der Waals surface area (Å²) in [5.41, 5.74) is 5.32. The normalized spacial score (nSPS) is 16.5. The molecule has 3 heteroatoms. The van der Waals surface area contributed by atoms with Gasteiger partial charge in [-0.1, -0.05) is 18.2 Å². The number of hydrogen-bond donors (Lipinski definition) is 0. The number of ether oxygens (including phenoxy) is 1. The van der Waals surface area contributed by atoms with Crippen molar-refractivity contribution >= 4 is 0 Å². The third kappa shape index (κ3) is 2.65. The molecular formula is C17H22N2O. The van der Waals surface area contributed by atoms with E-state index in [1.54, 1.807) is 0 Å². The topological polar surface area (TPSA) is 17.4 Å². The Hall–Kier alpha value is -1.58. The van der Waals surface area contributed by atoms with Crippen molar-refractivity contribution in [2.45, 2.75) is 20.4 Å². The van der Waals surface area contributed by atoms with Crippen molar-refractivity contribution < 1.29 is 4.74 Å². The molecule has 2 aromatic rings. The molecule has 1 aromatic carbocycles. The molecule has 1 aliphatic heterocycles. The van der Waals surface area contributed by atoms with E-state index in [4.69, 9.17) is 4.74 Å². The Balaban J connectivity index is 1.87. The van der Waals surface area contributed by atoms with Gasteiger partial charge in [0.15, 0.2) is 0 Å². The number of nitrogens with zero attached hydrogens (tertiary/aromatic N) is 2. The molecule has 2 heterocycles. The van der Waals surface area contributed by atoms with Gasteiger partial charge in [-0.25, -0.2) is 0 Å². The van der Waals surface area contributed by atoms with E-state index in [-0.39, 0.29) is 0 Å². The molecule has 20 heavy (non-hydrogen) atoms. The molecule has 0 amide bonds. The van der Waals surface area contributed by atoms with Crippen LogP contribution < -0.4 is 0 Å². The van der Waals surface area contributed by atoms with Gasteiger partial charge in [-0.05, 0) is 37.6 Å². The van der Waals surface area contributed by atoms with Crippen LogP contribution in [-0.2, 0) is 11.3 Å². The van der Waals surface area contributed by atoms with Gasteiger partial charge in [-0.15, -0.1) is 0 Å². The zero-order valence-electron chi connectivity index (χ0n) is 12.3. The summed E-state index contributed by atoms with van der Waals surface area (Å²) in [4.78, 5) is 2.47. The quantitative estimate of drug-likeness (QED) is 0.853. The number of para-hydroxylation sites is 1. The Kier molecular flexibility index (Phi) is 3.90. The first-order valence-electron chi connectivity index (χ1n) is 7.29. The Bertz CT molecular complexity index is 568. The average Bonchev–Trinajstić information content (AvgIpc) is 2.75. The Morgan fingerprint density at radius 1 is 1.05 bits per heavy atom. The number of benzene rings is 1. The average molecular weight is 270 g/mol. The molecule has 0 unspecified atom stereocenters. The molecule has 3 rings (SSSR count). The van der Waals surface area contributed by atoms with Gasteiger partial charge in [0.2, 0.25) is 0 Å². The van der Waals surface area contributed by atoms with Crippen LogP contribution in [0.2, 0.25) is 0 Å². The highest BCUT2D eigenvalue weighted by Gasteiger charge is 2.15. The highest BCUT2D eigenvalue weighted by molar-refractivity contribution is 5.40. The van der Waals surface area contributed by atoms with Gasteiger partial charge in [-0.2, -0.15) is 0 Å². The molecule has 1 saturated heterocycles. The zero-order valence-corrected chi connectivity index (χ0v) is 12.3. The molecule has 106 valence electrons. The van der Waals surface area contributed by atoms with E-state index >= 15 is 0 Å². The molecular weight excluding hydrogens is 248 g/mol. The maximum Gasteiger partial charge on any atom is 0.0594 e. The Morgan fingerprint density at radius 3 is 2.45 bits per heavy atom. The zero-order chi connectivity index (χ0) is 13.9. The number of morpholine rings is 1. The van der Waals surface area contributed by atoms with Gasteiger partial charge < -0.3 is 9.30 Å². The number of aromatic nitrogens is 1. The summed E-state index contributed by atoms with van der Waals surface area (Å²) in [6, 6.07) is 12.9. The van der Waals surface area contributed by atoms with Crippen molar-refractivity contribution in [1.29, 1.82) is 0 Å². The third-order valence-corrected chi connectivity index (χ3v) is 4.05. The van der Waals surface area contributed by atoms with E-state index in [1.807, 2.05) is 0 Å². The smallest absolute Gasteiger partial charge is 0.0594 e. The van der Waals surface area contributed by atoms with Crippen LogP contribution in [0.5, 0.6) is 0 Å². The van der Waals surface area contributed by atoms with Gasteiger partial charge in [-0.3, -0.25) is 4.90 Å². The monoisotopic (exact) mass is 270 g/mol. The molecule has 1 fully saturated rings. The maximum absolute atomic E-state index is 5.42. The van der Waals surface area contributed by atoms with Crippen LogP contribution in [0.25, 0.3) is 5.69 Å². The van der Waals surface area contributed by atoms with Gasteiger partial charge in [0.05, 0.1) is 13.2 Å². The van der Waals surface area contributed by atoms with Crippen LogP contribution in [0.4, 0.5) is 0 Å². The summed E-state index contributed by atoms with van der Waals surface area (Å²) in [5.74, 6) is 0. The van der Waals surface area contributed by atoms with E-state index < -0.39 is 0 Å². The fourth-order valence-electron chi connectivity index (χ4n) is 2.96. The molecule has 0 radical (unpaired) electrons. The molecule has 3 nitrogen and oxygen atoms in total. The van der Waals surface area contributed by atoms with Crippen molar-refractivity contribution in [2.75, 3.05) is 26.3 Å². The summed E-state index contributed by atoms with van der Waals surface area (Å²) >= 11 is 0. The fraction of sp³-hybridized carbons (Fsp3) is 0.412. The molecule has 0 N–H and O–H groups in total. The van der Waals surface area contributed by atoms with Crippen LogP contribution in [0.1, 0.15) is 17.0 Å². The highest BCUT2D eigenvalue weighted by atomic mass is 16.5. The second-order valence-corrected chi connectivity index (χ2v) is 5.46. The van der Waals surface area contributed by atoms with E-state index in [9.17, 15) is 0 Å². The predicted octanol–water partition coefficient (Wildman–Crippen LogP) is 2.93. The van der Waals surface area contributed by atoms with Crippen LogP contribution in [-0.4, -0.2) is 35.8 Å². The van der Waals surface area contributed by atoms with Crippen LogP contribution in [0.3, 0.4) is 0 Å². The van der Waals surface area contributed by atoms with Gasteiger partial charge in [0.1, 0.15) is 0 Å². The molecule has 1 aliphatic rings. The van der Waals surface area contributed by atoms with E-state index in [1.165, 1.54) is 22.6 Å². The molecule has 0 saturated carbocycles. The second-order valence-electron chi connectivity index (χ2n) is 5.46. The summed E-state index contributed by atoms with van der Waals surface area (Å²) in [7, 11) is 0. The SMILES string of the molecule is Cc1cc(CN2CCOCC2)c(C)n1-c1ccccc1. The Labute approximate surface area is 120 Å². The minimum atomic E-state index is 0.859. The first-order chi connectivity index (χ1) is 9.75. The van der Waals surface area contributed by atoms with E-state index in [0.717, 1.165) is 32.8 Å². The van der Waals surface area contributed by atoms with Crippen molar-refractivity contribution in [3.05, 3.63) is 53.3 Å². The second kappa shape index (κ2) is 5.81. The Morgan fingerprint density at radius 2 is 1.75 bits per heavy atom. The first kappa shape index (κ1) is 13.4. The standard InChI is InChI=1S/C17H22N2O/c1-14-12-16(13-18-8-10-20-11-9-18)15(2)19(14)17-6-4-3-5-7-17/h3-7,12H,8-11,13H2,1-2H3. The highest BCUT2D eigenvalue weighted by Crippen LogP contribution is 2.22. The lowest BCUT2D eigenvalue weighted by Crippen LogP contribution is -2.35.